The Morgan fingerprint density at radius 2 is 2.14 bits per heavy atom. The second-order valence-electron chi connectivity index (χ2n) is 3.18. The molecule has 1 aliphatic rings. The van der Waals surface area contributed by atoms with Crippen molar-refractivity contribution in [1.29, 1.82) is 0 Å². The van der Waals surface area contributed by atoms with Crippen molar-refractivity contribution in [2.24, 2.45) is 7.05 Å². The zero-order valence-electron chi connectivity index (χ0n) is 7.87. The van der Waals surface area contributed by atoms with Gasteiger partial charge >= 0.3 is 0 Å². The van der Waals surface area contributed by atoms with Crippen LogP contribution in [0, 0.1) is 6.92 Å². The molecule has 5 heteroatoms. The summed E-state index contributed by atoms with van der Waals surface area (Å²) in [5, 5.41) is 6.29. The molecule has 0 unspecified atom stereocenters. The number of carbonyl (C=O) groups excluding carboxylic acids is 2. The molecule has 1 N–H and O–H groups in total. The van der Waals surface area contributed by atoms with E-state index in [0.717, 1.165) is 5.69 Å². The minimum Gasteiger partial charge on any atom is -0.289 e. The summed E-state index contributed by atoms with van der Waals surface area (Å²) in [7, 11) is 1.77. The molecule has 1 aromatic heterocycles. The SMILES string of the molecule is Cc1nn(C)cc1C1=CC(=O)NC1=O. The van der Waals surface area contributed by atoms with Gasteiger partial charge in [0.2, 0.25) is 0 Å². The van der Waals surface area contributed by atoms with Crippen LogP contribution in [-0.4, -0.2) is 21.6 Å². The van der Waals surface area contributed by atoms with Crippen molar-refractivity contribution in [3.05, 3.63) is 23.5 Å². The largest absolute Gasteiger partial charge is 0.289 e. The first-order valence-corrected chi connectivity index (χ1v) is 4.15. The Kier molecular flexibility index (Phi) is 1.73. The molecule has 0 atom stereocenters. The highest BCUT2D eigenvalue weighted by Gasteiger charge is 2.24. The lowest BCUT2D eigenvalue weighted by Crippen LogP contribution is -2.21. The fourth-order valence-electron chi connectivity index (χ4n) is 1.48. The van der Waals surface area contributed by atoms with Gasteiger partial charge in [0, 0.05) is 24.9 Å². The van der Waals surface area contributed by atoms with Crippen molar-refractivity contribution in [1.82, 2.24) is 15.1 Å². The molecule has 0 saturated carbocycles. The predicted molar refractivity (Wildman–Crippen MR) is 49.1 cm³/mol. The van der Waals surface area contributed by atoms with Gasteiger partial charge in [0.1, 0.15) is 0 Å². The van der Waals surface area contributed by atoms with Gasteiger partial charge in [0.05, 0.1) is 11.3 Å². The first-order valence-electron chi connectivity index (χ1n) is 4.15. The van der Waals surface area contributed by atoms with E-state index in [1.165, 1.54) is 6.08 Å². The number of carbonyl (C=O) groups is 2. The molecule has 0 aliphatic carbocycles. The molecule has 2 heterocycles. The lowest BCUT2D eigenvalue weighted by molar-refractivity contribution is -0.123. The summed E-state index contributed by atoms with van der Waals surface area (Å²) in [6.07, 6.45) is 3.02. The van der Waals surface area contributed by atoms with Crippen molar-refractivity contribution < 1.29 is 9.59 Å². The highest BCUT2D eigenvalue weighted by Crippen LogP contribution is 2.20. The number of imide groups is 1. The average molecular weight is 191 g/mol. The van der Waals surface area contributed by atoms with Crippen LogP contribution in [0.15, 0.2) is 12.3 Å². The third-order valence-electron chi connectivity index (χ3n) is 2.06. The zero-order valence-corrected chi connectivity index (χ0v) is 7.87. The van der Waals surface area contributed by atoms with E-state index in [9.17, 15) is 9.59 Å². The van der Waals surface area contributed by atoms with Crippen LogP contribution in [0.25, 0.3) is 5.57 Å². The molecule has 1 aromatic rings. The van der Waals surface area contributed by atoms with Crippen LogP contribution in [0.4, 0.5) is 0 Å². The molecule has 2 amide bonds. The number of hydrogen-bond donors (Lipinski definition) is 1. The third-order valence-corrected chi connectivity index (χ3v) is 2.06. The third kappa shape index (κ3) is 1.22. The molecule has 0 radical (unpaired) electrons. The fraction of sp³-hybridized carbons (Fsp3) is 0.222. The number of nitrogens with one attached hydrogen (secondary N) is 1. The monoisotopic (exact) mass is 191 g/mol. The second kappa shape index (κ2) is 2.80. The van der Waals surface area contributed by atoms with Gasteiger partial charge in [-0.3, -0.25) is 19.6 Å². The molecule has 0 bridgehead atoms. The van der Waals surface area contributed by atoms with Crippen LogP contribution < -0.4 is 5.32 Å². The number of nitrogens with zero attached hydrogens (tertiary/aromatic N) is 2. The number of amides is 2. The van der Waals surface area contributed by atoms with Crippen LogP contribution in [0.2, 0.25) is 0 Å². The topological polar surface area (TPSA) is 64.0 Å². The maximum atomic E-state index is 11.3. The lowest BCUT2D eigenvalue weighted by atomic mass is 10.1. The van der Waals surface area contributed by atoms with E-state index >= 15 is 0 Å². The first kappa shape index (κ1) is 8.68. The Hall–Kier alpha value is -1.91. The summed E-state index contributed by atoms with van der Waals surface area (Å²) < 4.78 is 1.61. The maximum Gasteiger partial charge on any atom is 0.259 e. The smallest absolute Gasteiger partial charge is 0.259 e. The standard InChI is InChI=1S/C9H9N3O2/c1-5-7(4-12(2)11-5)6-3-8(13)10-9(6)14/h3-4H,1-2H3,(H,10,13,14). The normalized spacial score (nSPS) is 15.7. The molecule has 1 aliphatic heterocycles. The zero-order chi connectivity index (χ0) is 10.3. The van der Waals surface area contributed by atoms with E-state index in [4.69, 9.17) is 0 Å². The van der Waals surface area contributed by atoms with E-state index in [1.54, 1.807) is 24.9 Å². The predicted octanol–water partition coefficient (Wildman–Crippen LogP) is -0.232. The van der Waals surface area contributed by atoms with Gasteiger partial charge in [-0.15, -0.1) is 0 Å². The molecule has 0 spiro atoms. The number of rotatable bonds is 1. The summed E-state index contributed by atoms with van der Waals surface area (Å²) >= 11 is 0. The van der Waals surface area contributed by atoms with Crippen molar-refractivity contribution in [2.75, 3.05) is 0 Å². The molecule has 2 rings (SSSR count). The summed E-state index contributed by atoms with van der Waals surface area (Å²) in [6.45, 7) is 1.80. The minimum atomic E-state index is -0.367. The lowest BCUT2D eigenvalue weighted by Gasteiger charge is -1.95. The minimum absolute atomic E-state index is 0.355. The molecule has 5 nitrogen and oxygen atoms in total. The summed E-state index contributed by atoms with van der Waals surface area (Å²) in [6, 6.07) is 0. The van der Waals surface area contributed by atoms with E-state index in [1.807, 2.05) is 0 Å². The highest BCUT2D eigenvalue weighted by atomic mass is 16.2. The van der Waals surface area contributed by atoms with E-state index in [-0.39, 0.29) is 11.8 Å². The van der Waals surface area contributed by atoms with Crippen LogP contribution in [0.3, 0.4) is 0 Å². The number of hydrogen-bond acceptors (Lipinski definition) is 3. The van der Waals surface area contributed by atoms with E-state index in [0.29, 0.717) is 11.1 Å². The summed E-state index contributed by atoms with van der Waals surface area (Å²) in [4.78, 5) is 22.2. The Labute approximate surface area is 80.4 Å². The Bertz CT molecular complexity index is 457. The Morgan fingerprint density at radius 3 is 2.57 bits per heavy atom. The van der Waals surface area contributed by atoms with Gasteiger partial charge in [-0.1, -0.05) is 0 Å². The van der Waals surface area contributed by atoms with Crippen molar-refractivity contribution in [3.8, 4) is 0 Å². The average Bonchev–Trinajstić information content (AvgIpc) is 2.55. The second-order valence-corrected chi connectivity index (χ2v) is 3.18. The molecule has 0 fully saturated rings. The van der Waals surface area contributed by atoms with E-state index in [2.05, 4.69) is 10.4 Å². The summed E-state index contributed by atoms with van der Waals surface area (Å²) in [5.74, 6) is -0.723. The van der Waals surface area contributed by atoms with Gasteiger partial charge in [-0.05, 0) is 6.92 Å². The molecule has 72 valence electrons. The highest BCUT2D eigenvalue weighted by molar-refractivity contribution is 6.33. The maximum absolute atomic E-state index is 11.3. The van der Waals surface area contributed by atoms with Gasteiger partial charge < -0.3 is 0 Å². The van der Waals surface area contributed by atoms with Crippen molar-refractivity contribution >= 4 is 17.4 Å². The quantitative estimate of drug-likeness (QED) is 0.623. The number of aromatic nitrogens is 2. The van der Waals surface area contributed by atoms with Crippen LogP contribution in [0.1, 0.15) is 11.3 Å². The van der Waals surface area contributed by atoms with Crippen molar-refractivity contribution in [3.63, 3.8) is 0 Å². The fourth-order valence-corrected chi connectivity index (χ4v) is 1.48. The van der Waals surface area contributed by atoms with Crippen LogP contribution in [0.5, 0.6) is 0 Å². The first-order chi connectivity index (χ1) is 6.58. The molecule has 14 heavy (non-hydrogen) atoms. The molecule has 0 saturated heterocycles. The molecular formula is C9H9N3O2. The van der Waals surface area contributed by atoms with Crippen molar-refractivity contribution in [2.45, 2.75) is 6.92 Å². The van der Waals surface area contributed by atoms with Gasteiger partial charge in [-0.25, -0.2) is 0 Å². The van der Waals surface area contributed by atoms with Gasteiger partial charge in [-0.2, -0.15) is 5.10 Å². The molecule has 0 aromatic carbocycles. The summed E-state index contributed by atoms with van der Waals surface area (Å²) in [5.41, 5.74) is 1.83. The molecular weight excluding hydrogens is 182 g/mol. The van der Waals surface area contributed by atoms with Crippen LogP contribution >= 0.6 is 0 Å². The Balaban J connectivity index is 2.50. The number of aryl methyl sites for hydroxylation is 2. The van der Waals surface area contributed by atoms with E-state index < -0.39 is 0 Å². The van der Waals surface area contributed by atoms with Crippen LogP contribution in [-0.2, 0) is 16.6 Å². The Morgan fingerprint density at radius 1 is 1.43 bits per heavy atom. The van der Waals surface area contributed by atoms with Gasteiger partial charge in [0.25, 0.3) is 11.8 Å². The van der Waals surface area contributed by atoms with Gasteiger partial charge in [0.15, 0.2) is 0 Å².